The van der Waals surface area contributed by atoms with Crippen molar-refractivity contribution >= 4 is 23.6 Å². The second-order valence-corrected chi connectivity index (χ2v) is 9.11. The van der Waals surface area contributed by atoms with Gasteiger partial charge in [0.05, 0.1) is 22.5 Å². The molecule has 180 valence electrons. The van der Waals surface area contributed by atoms with Crippen LogP contribution in [0.4, 0.5) is 20.8 Å². The van der Waals surface area contributed by atoms with E-state index in [2.05, 4.69) is 21.8 Å². The molecular weight excluding hydrogens is 451 g/mol. The van der Waals surface area contributed by atoms with Gasteiger partial charge in [0.2, 0.25) is 5.95 Å². The third kappa shape index (κ3) is 4.80. The van der Waals surface area contributed by atoms with Gasteiger partial charge in [0.1, 0.15) is 17.1 Å². The van der Waals surface area contributed by atoms with Crippen LogP contribution in [-0.2, 0) is 18.2 Å². The van der Waals surface area contributed by atoms with Crippen LogP contribution in [0.1, 0.15) is 48.0 Å². The lowest BCUT2D eigenvalue weighted by Gasteiger charge is -2.28. The molecule has 0 atom stereocenters. The molecule has 0 unspecified atom stereocenters. The van der Waals surface area contributed by atoms with Crippen molar-refractivity contribution in [2.75, 3.05) is 18.0 Å². The number of nitrogens with two attached hydrogens (primary N) is 2. The molecule has 2 aromatic heterocycles. The summed E-state index contributed by atoms with van der Waals surface area (Å²) in [7, 11) is 1.81. The van der Waals surface area contributed by atoms with E-state index in [0.717, 1.165) is 10.6 Å². The minimum atomic E-state index is -0.721. The molecule has 1 aromatic carbocycles. The van der Waals surface area contributed by atoms with Gasteiger partial charge in [-0.2, -0.15) is 0 Å². The van der Waals surface area contributed by atoms with Crippen LogP contribution in [0.25, 0.3) is 11.4 Å². The maximum atomic E-state index is 13.5. The van der Waals surface area contributed by atoms with E-state index in [1.807, 2.05) is 4.57 Å². The Hall–Kier alpha value is -4.39. The van der Waals surface area contributed by atoms with Crippen molar-refractivity contribution in [3.63, 3.8) is 0 Å². The Kier molecular flexibility index (Phi) is 5.94. The van der Waals surface area contributed by atoms with Crippen LogP contribution < -0.4 is 11.5 Å². The summed E-state index contributed by atoms with van der Waals surface area (Å²) in [6, 6.07) is 5.86. The Morgan fingerprint density at radius 3 is 2.63 bits per heavy atom. The molecule has 0 aliphatic carbocycles. The molecule has 35 heavy (non-hydrogen) atoms. The van der Waals surface area contributed by atoms with Crippen LogP contribution in [0.5, 0.6) is 0 Å². The van der Waals surface area contributed by atoms with Crippen molar-refractivity contribution in [1.82, 2.24) is 19.4 Å². The topological polar surface area (TPSA) is 129 Å². The summed E-state index contributed by atoms with van der Waals surface area (Å²) in [5.74, 6) is 4.98. The molecule has 1 aliphatic rings. The lowest BCUT2D eigenvalue weighted by atomic mass is 10.1. The molecule has 10 heteroatoms. The van der Waals surface area contributed by atoms with E-state index in [1.54, 1.807) is 33.9 Å². The van der Waals surface area contributed by atoms with E-state index < -0.39 is 23.4 Å². The minimum Gasteiger partial charge on any atom is -0.443 e. The number of imide groups is 1. The number of carbonyl (C=O) groups is 2. The predicted molar refractivity (Wildman–Crippen MR) is 129 cm³/mol. The summed E-state index contributed by atoms with van der Waals surface area (Å²) in [4.78, 5) is 35.2. The van der Waals surface area contributed by atoms with E-state index in [9.17, 15) is 14.0 Å². The van der Waals surface area contributed by atoms with Crippen LogP contribution in [0.2, 0.25) is 0 Å². The molecule has 0 fully saturated rings. The first-order valence-electron chi connectivity index (χ1n) is 10.9. The normalized spacial score (nSPS) is 13.2. The monoisotopic (exact) mass is 476 g/mol. The standard InChI is InChI=1S/C25H25FN6O3/c1-25(2,3)35-24(34)32-10-9-19-16(22(32)33)12-20(31(19)4)21-15(13-29-23(28)30-21)7-5-14-6-8-17(26)18(27)11-14/h6,8,11-13H,9-10,27H2,1-4H3,(H2,28,29,30). The zero-order valence-electron chi connectivity index (χ0n) is 19.8. The van der Waals surface area contributed by atoms with Gasteiger partial charge in [-0.15, -0.1) is 0 Å². The SMILES string of the molecule is Cn1c(-c2nc(N)ncc2C#Cc2ccc(F)c(N)c2)cc2c1CCN(C(=O)OC(C)(C)C)C2=O. The van der Waals surface area contributed by atoms with Gasteiger partial charge in [-0.05, 0) is 45.0 Å². The number of anilines is 2. The maximum absolute atomic E-state index is 13.5. The van der Waals surface area contributed by atoms with Crippen molar-refractivity contribution in [2.45, 2.75) is 32.8 Å². The number of benzene rings is 1. The minimum absolute atomic E-state index is 0.00579. The molecule has 0 spiro atoms. The Bertz CT molecular complexity index is 1410. The Morgan fingerprint density at radius 1 is 1.20 bits per heavy atom. The van der Waals surface area contributed by atoms with E-state index in [0.29, 0.717) is 34.5 Å². The summed E-state index contributed by atoms with van der Waals surface area (Å²) in [5.41, 5.74) is 13.9. The average Bonchev–Trinajstić information content (AvgIpc) is 3.11. The highest BCUT2D eigenvalue weighted by Crippen LogP contribution is 2.30. The third-order valence-electron chi connectivity index (χ3n) is 5.41. The maximum Gasteiger partial charge on any atom is 0.417 e. The number of nitrogens with zero attached hydrogens (tertiary/aromatic N) is 4. The van der Waals surface area contributed by atoms with Crippen LogP contribution in [0.3, 0.4) is 0 Å². The van der Waals surface area contributed by atoms with Gasteiger partial charge in [0.15, 0.2) is 0 Å². The Morgan fingerprint density at radius 2 is 1.94 bits per heavy atom. The average molecular weight is 477 g/mol. The largest absolute Gasteiger partial charge is 0.443 e. The lowest BCUT2D eigenvalue weighted by molar-refractivity contribution is 0.0232. The molecule has 0 saturated carbocycles. The fraction of sp³-hybridized carbons (Fsp3) is 0.280. The molecule has 4 rings (SSSR count). The van der Waals surface area contributed by atoms with E-state index >= 15 is 0 Å². The number of carbonyl (C=O) groups excluding carboxylic acids is 2. The molecule has 9 nitrogen and oxygen atoms in total. The molecule has 0 bridgehead atoms. The number of halogens is 1. The number of aromatic nitrogens is 3. The van der Waals surface area contributed by atoms with Crippen molar-refractivity contribution in [1.29, 1.82) is 0 Å². The second kappa shape index (κ2) is 8.76. The smallest absolute Gasteiger partial charge is 0.417 e. The molecule has 0 radical (unpaired) electrons. The first-order valence-corrected chi connectivity index (χ1v) is 10.9. The summed E-state index contributed by atoms with van der Waals surface area (Å²) >= 11 is 0. The lowest BCUT2D eigenvalue weighted by Crippen LogP contribution is -2.44. The molecule has 1 aliphatic heterocycles. The van der Waals surface area contributed by atoms with Gasteiger partial charge in [-0.25, -0.2) is 24.1 Å². The molecule has 4 N–H and O–H groups in total. The van der Waals surface area contributed by atoms with Gasteiger partial charge < -0.3 is 20.8 Å². The fourth-order valence-corrected chi connectivity index (χ4v) is 3.76. The first-order chi connectivity index (χ1) is 16.4. The molecule has 3 aromatic rings. The van der Waals surface area contributed by atoms with Crippen molar-refractivity contribution in [3.05, 3.63) is 58.7 Å². The molecular formula is C25H25FN6O3. The number of hydrogen-bond donors (Lipinski definition) is 2. The van der Waals surface area contributed by atoms with E-state index in [-0.39, 0.29) is 18.2 Å². The number of ether oxygens (including phenoxy) is 1. The van der Waals surface area contributed by atoms with Crippen LogP contribution >= 0.6 is 0 Å². The summed E-state index contributed by atoms with van der Waals surface area (Å²) in [5, 5.41) is 0. The number of fused-ring (bicyclic) bond motifs is 1. The van der Waals surface area contributed by atoms with Crippen LogP contribution in [0, 0.1) is 17.7 Å². The fourth-order valence-electron chi connectivity index (χ4n) is 3.76. The Labute approximate surface area is 201 Å². The number of hydrogen-bond acceptors (Lipinski definition) is 7. The number of amides is 2. The second-order valence-electron chi connectivity index (χ2n) is 9.11. The zero-order chi connectivity index (χ0) is 25.5. The van der Waals surface area contributed by atoms with Gasteiger partial charge in [-0.3, -0.25) is 4.79 Å². The summed E-state index contributed by atoms with van der Waals surface area (Å²) < 4.78 is 20.7. The summed E-state index contributed by atoms with van der Waals surface area (Å²) in [6.45, 7) is 5.43. The van der Waals surface area contributed by atoms with Gasteiger partial charge in [0, 0.05) is 37.5 Å². The first kappa shape index (κ1) is 23.8. The number of rotatable bonds is 1. The Balaban J connectivity index is 1.73. The number of nitrogen functional groups attached to an aromatic ring is 2. The third-order valence-corrected chi connectivity index (χ3v) is 5.41. The van der Waals surface area contributed by atoms with Gasteiger partial charge in [0.25, 0.3) is 5.91 Å². The molecule has 2 amide bonds. The van der Waals surface area contributed by atoms with Crippen molar-refractivity contribution < 1.29 is 18.7 Å². The highest BCUT2D eigenvalue weighted by atomic mass is 19.1. The van der Waals surface area contributed by atoms with Crippen LogP contribution in [-0.4, -0.2) is 43.6 Å². The highest BCUT2D eigenvalue weighted by molar-refractivity contribution is 6.05. The van der Waals surface area contributed by atoms with Gasteiger partial charge >= 0.3 is 6.09 Å². The van der Waals surface area contributed by atoms with Crippen molar-refractivity contribution in [3.8, 4) is 23.2 Å². The predicted octanol–water partition coefficient (Wildman–Crippen LogP) is 3.12. The molecule has 0 saturated heterocycles. The van der Waals surface area contributed by atoms with Crippen LogP contribution in [0.15, 0.2) is 30.5 Å². The quantitative estimate of drug-likeness (QED) is 0.408. The highest BCUT2D eigenvalue weighted by Gasteiger charge is 2.35. The molecule has 3 heterocycles. The van der Waals surface area contributed by atoms with Crippen molar-refractivity contribution in [2.24, 2.45) is 7.05 Å². The zero-order valence-corrected chi connectivity index (χ0v) is 19.8. The van der Waals surface area contributed by atoms with E-state index in [1.165, 1.54) is 24.4 Å². The van der Waals surface area contributed by atoms with E-state index in [4.69, 9.17) is 16.2 Å². The summed E-state index contributed by atoms with van der Waals surface area (Å²) in [6.07, 6.45) is 1.25. The van der Waals surface area contributed by atoms with Gasteiger partial charge in [-0.1, -0.05) is 11.8 Å².